The Kier molecular flexibility index (Phi) is 21.1. The van der Waals surface area contributed by atoms with Gasteiger partial charge in [-0.2, -0.15) is 0 Å². The lowest BCUT2D eigenvalue weighted by Gasteiger charge is -2.27. The lowest BCUT2D eigenvalue weighted by molar-refractivity contribution is -0.147. The Bertz CT molecular complexity index is 1430. The largest absolute Gasteiger partial charge is 0.463 e. The Balaban J connectivity index is 0.000000536. The summed E-state index contributed by atoms with van der Waals surface area (Å²) in [4.78, 5) is 23.7. The van der Waals surface area contributed by atoms with Gasteiger partial charge in [-0.1, -0.05) is 51.7 Å². The van der Waals surface area contributed by atoms with Gasteiger partial charge in [0.2, 0.25) is 10.0 Å². The highest BCUT2D eigenvalue weighted by atomic mass is 35.5. The van der Waals surface area contributed by atoms with Gasteiger partial charge in [0.1, 0.15) is 14.2 Å². The number of halogens is 1. The smallest absolute Gasteiger partial charge is 0.306 e. The molecule has 0 aromatic carbocycles. The minimum Gasteiger partial charge on any atom is -0.463 e. The Morgan fingerprint density at radius 3 is 2.30 bits per heavy atom. The predicted molar refractivity (Wildman–Crippen MR) is 201 cm³/mol. The summed E-state index contributed by atoms with van der Waals surface area (Å²) in [6, 6.07) is 1.23. The van der Waals surface area contributed by atoms with Crippen LogP contribution in [0.15, 0.2) is 26.6 Å². The zero-order chi connectivity index (χ0) is 36.8. The van der Waals surface area contributed by atoms with Crippen molar-refractivity contribution < 1.29 is 41.4 Å². The van der Waals surface area contributed by atoms with E-state index in [-0.39, 0.29) is 56.6 Å². The van der Waals surface area contributed by atoms with E-state index in [1.54, 1.807) is 6.92 Å². The number of nitrogens with two attached hydrogens (primary N) is 1. The second kappa shape index (κ2) is 22.6. The number of rotatable bonds is 19. The van der Waals surface area contributed by atoms with E-state index in [4.69, 9.17) is 9.88 Å². The normalized spacial score (nSPS) is 24.3. The molecular formula is C35H61ClN2O9S3. The van der Waals surface area contributed by atoms with Crippen molar-refractivity contribution in [1.29, 1.82) is 0 Å². The van der Waals surface area contributed by atoms with Crippen LogP contribution < -0.4 is 10.5 Å². The van der Waals surface area contributed by atoms with Gasteiger partial charge in [0.05, 0.1) is 23.6 Å². The number of thiophene rings is 1. The summed E-state index contributed by atoms with van der Waals surface area (Å²) >= 11 is 0.742. The van der Waals surface area contributed by atoms with E-state index in [2.05, 4.69) is 12.2 Å². The molecule has 1 saturated carbocycles. The third-order valence-electron chi connectivity index (χ3n) is 9.20. The molecule has 50 heavy (non-hydrogen) atoms. The van der Waals surface area contributed by atoms with Crippen molar-refractivity contribution in [2.24, 2.45) is 17.0 Å². The van der Waals surface area contributed by atoms with E-state index in [9.17, 15) is 36.6 Å². The molecule has 5 N–H and O–H groups in total. The number of hydrogen-bond acceptors (Lipinski definition) is 11. The first-order valence-corrected chi connectivity index (χ1v) is 21.8. The number of aliphatic hydroxyl groups is 2. The zero-order valence-corrected chi connectivity index (χ0v) is 33.6. The number of ketones is 1. The summed E-state index contributed by atoms with van der Waals surface area (Å²) < 4.78 is 52.4. The minimum atomic E-state index is -3.88. The molecule has 290 valence electrons. The number of carbonyl (C=O) groups is 2. The Hall–Kier alpha value is -1.39. The summed E-state index contributed by atoms with van der Waals surface area (Å²) in [6.45, 7) is 10.1. The Labute approximate surface area is 310 Å². The molecule has 0 bridgehead atoms. The minimum absolute atomic E-state index is 0. The maximum atomic E-state index is 12.2. The van der Waals surface area contributed by atoms with Gasteiger partial charge in [0, 0.05) is 30.9 Å². The molecule has 2 unspecified atom stereocenters. The van der Waals surface area contributed by atoms with E-state index < -0.39 is 37.3 Å². The number of Topliss-reactive ketones (excluding diaryl/α,β-unsaturated/α-hetero) is 1. The maximum absolute atomic E-state index is 12.2. The summed E-state index contributed by atoms with van der Waals surface area (Å²) in [6.07, 6.45) is 14.0. The van der Waals surface area contributed by atoms with Crippen LogP contribution in [-0.2, 0) is 34.2 Å². The lowest BCUT2D eigenvalue weighted by Crippen LogP contribution is -2.33. The summed E-state index contributed by atoms with van der Waals surface area (Å²) in [5, 5.41) is 28.4. The lowest BCUT2D eigenvalue weighted by atomic mass is 9.86. The van der Waals surface area contributed by atoms with Crippen LogP contribution in [0.3, 0.4) is 0 Å². The molecule has 1 aromatic rings. The molecule has 11 nitrogen and oxygen atoms in total. The van der Waals surface area contributed by atoms with Gasteiger partial charge >= 0.3 is 5.97 Å². The van der Waals surface area contributed by atoms with Crippen molar-refractivity contribution in [2.45, 2.75) is 163 Å². The van der Waals surface area contributed by atoms with Crippen LogP contribution in [0, 0.1) is 11.8 Å². The quantitative estimate of drug-likeness (QED) is 0.0719. The van der Waals surface area contributed by atoms with Crippen LogP contribution in [-0.4, -0.2) is 68.9 Å². The highest BCUT2D eigenvalue weighted by Crippen LogP contribution is 2.42. The van der Waals surface area contributed by atoms with Gasteiger partial charge in [0.15, 0.2) is 9.84 Å². The second-order valence-electron chi connectivity index (χ2n) is 13.6. The number of sulfonamides is 1. The first kappa shape index (κ1) is 46.6. The number of nitrogens with one attached hydrogen (secondary N) is 1. The number of fused-ring (bicyclic) bond motifs is 1. The molecule has 1 aliphatic carbocycles. The zero-order valence-electron chi connectivity index (χ0n) is 30.3. The second-order valence-corrected chi connectivity index (χ2v) is 19.0. The van der Waals surface area contributed by atoms with Crippen molar-refractivity contribution in [1.82, 2.24) is 5.32 Å². The topological polar surface area (TPSA) is 190 Å². The van der Waals surface area contributed by atoms with Gasteiger partial charge < -0.3 is 20.3 Å². The third kappa shape index (κ3) is 14.9. The van der Waals surface area contributed by atoms with E-state index >= 15 is 0 Å². The monoisotopic (exact) mass is 784 g/mol. The van der Waals surface area contributed by atoms with Crippen molar-refractivity contribution in [3.63, 3.8) is 0 Å². The molecule has 0 spiro atoms. The molecule has 6 atom stereocenters. The standard InChI is InChI=1S/C25H44O5.C10H16N2O4S3.ClH/c1-4-5-6-7-10-13-20(26)16-17-22-21(23(27)18-24(22)28)14-11-8-9-12-15-25(29)30-19(2)3;1-3-12-8-4-6(2)18(13,14)10-7(8)5-9(17-10)19(11,15)16;/h8,11,19,21-24,27-28H,4-7,9-10,12-18H2,1-3H3;5-6,8,12H,3-4H2,1-2H3,(H2,11,15,16);1H/b11-8-;;/t21-,22-,23+,24-;;/m1../s1. The number of sulfone groups is 1. The maximum Gasteiger partial charge on any atom is 0.306 e. The van der Waals surface area contributed by atoms with Crippen LogP contribution in [0.25, 0.3) is 0 Å². The summed E-state index contributed by atoms with van der Waals surface area (Å²) in [7, 11) is -7.33. The molecule has 2 heterocycles. The fourth-order valence-corrected chi connectivity index (χ4v) is 10.9. The Morgan fingerprint density at radius 2 is 1.68 bits per heavy atom. The molecule has 1 fully saturated rings. The molecule has 15 heteroatoms. The van der Waals surface area contributed by atoms with Gasteiger partial charge in [-0.25, -0.2) is 22.0 Å². The highest BCUT2D eigenvalue weighted by molar-refractivity contribution is 7.95. The SMILES string of the molecule is CCCCCCCC(=O)CC[C@@H]1[C@@H](C/C=C\CCCC(=O)OC(C)C)[C@@H](O)C[C@H]1O.CCNC1CC(C)S(=O)(=O)c2sc(S(N)(=O)=O)cc21.Cl. The average Bonchev–Trinajstić information content (AvgIpc) is 3.59. The van der Waals surface area contributed by atoms with Gasteiger partial charge in [-0.3, -0.25) is 9.59 Å². The van der Waals surface area contributed by atoms with Crippen LogP contribution in [0.1, 0.15) is 136 Å². The fraction of sp³-hybridized carbons (Fsp3) is 0.771. The van der Waals surface area contributed by atoms with Crippen LogP contribution in [0.2, 0.25) is 0 Å². The van der Waals surface area contributed by atoms with Crippen LogP contribution >= 0.6 is 23.7 Å². The van der Waals surface area contributed by atoms with E-state index in [0.717, 1.165) is 37.0 Å². The molecule has 1 aliphatic heterocycles. The van der Waals surface area contributed by atoms with Crippen molar-refractivity contribution in [3.05, 3.63) is 23.8 Å². The molecule has 3 rings (SSSR count). The van der Waals surface area contributed by atoms with Gasteiger partial charge in [-0.05, 0) is 90.2 Å². The number of esters is 1. The van der Waals surface area contributed by atoms with E-state index in [1.165, 1.54) is 25.3 Å². The number of unbranched alkanes of at least 4 members (excludes halogenated alkanes) is 5. The number of primary sulfonamides is 1. The summed E-state index contributed by atoms with van der Waals surface area (Å²) in [5.41, 5.74) is 0.522. The molecular weight excluding hydrogens is 724 g/mol. The predicted octanol–water partition coefficient (Wildman–Crippen LogP) is 6.16. The van der Waals surface area contributed by atoms with Crippen LogP contribution in [0.5, 0.6) is 0 Å². The number of hydrogen-bond donors (Lipinski definition) is 4. The number of aliphatic hydroxyl groups excluding tert-OH is 2. The van der Waals surface area contributed by atoms with Crippen LogP contribution in [0.4, 0.5) is 0 Å². The number of allylic oxidation sites excluding steroid dienone is 2. The highest BCUT2D eigenvalue weighted by Gasteiger charge is 2.41. The third-order valence-corrected chi connectivity index (χ3v) is 14.5. The molecule has 0 radical (unpaired) electrons. The van der Waals surface area contributed by atoms with Gasteiger partial charge in [-0.15, -0.1) is 23.7 Å². The molecule has 2 aliphatic rings. The number of ether oxygens (including phenoxy) is 1. The Morgan fingerprint density at radius 1 is 1.02 bits per heavy atom. The van der Waals surface area contributed by atoms with Crippen molar-refractivity contribution in [2.75, 3.05) is 6.54 Å². The fourth-order valence-electron chi connectivity index (χ4n) is 6.52. The first-order valence-electron chi connectivity index (χ1n) is 17.9. The van der Waals surface area contributed by atoms with Crippen molar-refractivity contribution >= 4 is 55.4 Å². The molecule has 0 saturated heterocycles. The average molecular weight is 786 g/mol. The van der Waals surface area contributed by atoms with E-state index in [1.807, 2.05) is 32.9 Å². The summed E-state index contributed by atoms with van der Waals surface area (Å²) in [5.74, 6) is 0.0970. The first-order chi connectivity index (χ1) is 23.0. The molecule has 1 aromatic heterocycles. The molecule has 0 amide bonds. The number of carbonyl (C=O) groups excluding carboxylic acids is 2. The van der Waals surface area contributed by atoms with Gasteiger partial charge in [0.25, 0.3) is 0 Å². The van der Waals surface area contributed by atoms with E-state index in [0.29, 0.717) is 57.1 Å². The van der Waals surface area contributed by atoms with Crippen molar-refractivity contribution in [3.8, 4) is 0 Å².